The molecule has 5 nitrogen and oxygen atoms in total. The van der Waals surface area contributed by atoms with Gasteiger partial charge in [0.25, 0.3) is 0 Å². The third-order valence-corrected chi connectivity index (χ3v) is 4.21. The van der Waals surface area contributed by atoms with E-state index in [-0.39, 0.29) is 11.8 Å². The zero-order valence-corrected chi connectivity index (χ0v) is 17.6. The Labute approximate surface area is 182 Å². The molecule has 164 valence electrons. The van der Waals surface area contributed by atoms with Gasteiger partial charge in [0.1, 0.15) is 17.3 Å². The van der Waals surface area contributed by atoms with E-state index in [1.54, 1.807) is 49.4 Å². The quantitative estimate of drug-likeness (QED) is 0.194. The minimum atomic E-state index is -0.521. The maximum atomic E-state index is 12.9. The highest BCUT2D eigenvalue weighted by Crippen LogP contribution is 2.18. The van der Waals surface area contributed by atoms with E-state index in [9.17, 15) is 14.0 Å². The van der Waals surface area contributed by atoms with Gasteiger partial charge in [-0.3, -0.25) is 0 Å². The molecule has 0 bridgehead atoms. The summed E-state index contributed by atoms with van der Waals surface area (Å²) in [5.74, 6) is -0.0978. The van der Waals surface area contributed by atoms with Crippen LogP contribution in [0.15, 0.2) is 66.8 Å². The molecule has 0 fully saturated rings. The van der Waals surface area contributed by atoms with Crippen molar-refractivity contribution < 1.29 is 28.2 Å². The average Bonchev–Trinajstić information content (AvgIpc) is 2.76. The van der Waals surface area contributed by atoms with Crippen LogP contribution in [0.2, 0.25) is 0 Å². The van der Waals surface area contributed by atoms with Gasteiger partial charge in [-0.05, 0) is 80.6 Å². The molecule has 0 N–H and O–H groups in total. The molecule has 0 aliphatic rings. The van der Waals surface area contributed by atoms with Crippen molar-refractivity contribution in [3.8, 4) is 11.5 Å². The Morgan fingerprint density at radius 3 is 2.16 bits per heavy atom. The Bertz CT molecular complexity index is 885. The van der Waals surface area contributed by atoms with E-state index in [1.807, 2.05) is 0 Å². The summed E-state index contributed by atoms with van der Waals surface area (Å²) in [6, 6.07) is 12.6. The van der Waals surface area contributed by atoms with Gasteiger partial charge in [0.15, 0.2) is 0 Å². The fourth-order valence-electron chi connectivity index (χ4n) is 2.53. The Morgan fingerprint density at radius 1 is 0.903 bits per heavy atom. The van der Waals surface area contributed by atoms with Gasteiger partial charge in [-0.25, -0.2) is 14.0 Å². The van der Waals surface area contributed by atoms with E-state index >= 15 is 0 Å². The number of esters is 2. The van der Waals surface area contributed by atoms with Crippen molar-refractivity contribution in [1.29, 1.82) is 0 Å². The fraction of sp³-hybridized carbons (Fsp3) is 0.280. The Kier molecular flexibility index (Phi) is 10.0. The number of carbonyl (C=O) groups is 2. The number of rotatable bonds is 12. The van der Waals surface area contributed by atoms with Crippen LogP contribution in [0.25, 0.3) is 6.08 Å². The highest BCUT2D eigenvalue weighted by molar-refractivity contribution is 5.88. The van der Waals surface area contributed by atoms with Gasteiger partial charge in [0.2, 0.25) is 0 Å². The molecule has 0 aliphatic heterocycles. The van der Waals surface area contributed by atoms with Crippen molar-refractivity contribution in [3.63, 3.8) is 0 Å². The maximum Gasteiger partial charge on any atom is 0.336 e. The summed E-state index contributed by atoms with van der Waals surface area (Å²) in [5.41, 5.74) is 1.12. The largest absolute Gasteiger partial charge is 0.494 e. The lowest BCUT2D eigenvalue weighted by Crippen LogP contribution is -2.06. The Balaban J connectivity index is 1.61. The van der Waals surface area contributed by atoms with E-state index < -0.39 is 5.97 Å². The standard InChI is InChI=1S/C25H27FO5/c1-19(2)25(28)30-18-6-4-3-5-17-29-22-12-14-23(15-13-22)31-24(27)16-9-20-7-10-21(26)11-8-20/h7-16H,1,3-6,17-18H2,2H3/b16-9+. The molecule has 0 unspecified atom stereocenters. The van der Waals surface area contributed by atoms with Gasteiger partial charge in [-0.1, -0.05) is 18.7 Å². The third-order valence-electron chi connectivity index (χ3n) is 4.21. The Hall–Kier alpha value is -3.41. The zero-order chi connectivity index (χ0) is 22.5. The molecular weight excluding hydrogens is 399 g/mol. The molecule has 0 atom stereocenters. The predicted molar refractivity (Wildman–Crippen MR) is 117 cm³/mol. The van der Waals surface area contributed by atoms with Crippen LogP contribution in [0.4, 0.5) is 4.39 Å². The van der Waals surface area contributed by atoms with Crippen LogP contribution >= 0.6 is 0 Å². The van der Waals surface area contributed by atoms with Crippen molar-refractivity contribution in [2.75, 3.05) is 13.2 Å². The summed E-state index contributed by atoms with van der Waals surface area (Å²) < 4.78 is 28.8. The summed E-state index contributed by atoms with van der Waals surface area (Å²) in [4.78, 5) is 23.1. The van der Waals surface area contributed by atoms with E-state index in [1.165, 1.54) is 18.2 Å². The number of ether oxygens (including phenoxy) is 3. The molecule has 2 aromatic rings. The molecule has 2 rings (SSSR count). The van der Waals surface area contributed by atoms with Gasteiger partial charge in [0, 0.05) is 11.6 Å². The molecule has 0 aliphatic carbocycles. The first-order chi connectivity index (χ1) is 14.9. The van der Waals surface area contributed by atoms with Crippen LogP contribution in [0, 0.1) is 5.82 Å². The summed E-state index contributed by atoms with van der Waals surface area (Å²) >= 11 is 0. The molecule has 2 aromatic carbocycles. The van der Waals surface area contributed by atoms with E-state index in [0.717, 1.165) is 25.7 Å². The first kappa shape index (κ1) is 23.9. The molecule has 0 radical (unpaired) electrons. The maximum absolute atomic E-state index is 12.9. The lowest BCUT2D eigenvalue weighted by Gasteiger charge is -2.07. The van der Waals surface area contributed by atoms with Gasteiger partial charge < -0.3 is 14.2 Å². The van der Waals surface area contributed by atoms with Crippen molar-refractivity contribution >= 4 is 18.0 Å². The van der Waals surface area contributed by atoms with Crippen LogP contribution in [0.1, 0.15) is 38.2 Å². The second-order valence-electron chi connectivity index (χ2n) is 6.96. The highest BCUT2D eigenvalue weighted by atomic mass is 19.1. The Morgan fingerprint density at radius 2 is 1.52 bits per heavy atom. The van der Waals surface area contributed by atoms with Crippen LogP contribution in [-0.2, 0) is 14.3 Å². The van der Waals surface area contributed by atoms with Crippen LogP contribution in [-0.4, -0.2) is 25.2 Å². The summed E-state index contributed by atoms with van der Waals surface area (Å²) in [7, 11) is 0. The summed E-state index contributed by atoms with van der Waals surface area (Å²) in [6.45, 7) is 6.15. The lowest BCUT2D eigenvalue weighted by molar-refractivity contribution is -0.139. The fourth-order valence-corrected chi connectivity index (χ4v) is 2.53. The molecule has 0 spiro atoms. The van der Waals surface area contributed by atoms with Crippen molar-refractivity contribution in [2.45, 2.75) is 32.6 Å². The van der Waals surface area contributed by atoms with Crippen LogP contribution in [0.3, 0.4) is 0 Å². The number of unbranched alkanes of at least 4 members (excludes halogenated alkanes) is 3. The van der Waals surface area contributed by atoms with E-state index in [4.69, 9.17) is 14.2 Å². The summed E-state index contributed by atoms with van der Waals surface area (Å²) in [5, 5.41) is 0. The second-order valence-corrected chi connectivity index (χ2v) is 6.96. The number of carbonyl (C=O) groups excluding carboxylic acids is 2. The van der Waals surface area contributed by atoms with Crippen molar-refractivity contribution in [1.82, 2.24) is 0 Å². The molecule has 0 amide bonds. The van der Waals surface area contributed by atoms with Gasteiger partial charge in [-0.2, -0.15) is 0 Å². The monoisotopic (exact) mass is 426 g/mol. The van der Waals surface area contributed by atoms with Crippen molar-refractivity contribution in [3.05, 3.63) is 78.1 Å². The first-order valence-corrected chi connectivity index (χ1v) is 10.1. The SMILES string of the molecule is C=C(C)C(=O)OCCCCCCOc1ccc(OC(=O)/C=C/c2ccc(F)cc2)cc1. The third kappa shape index (κ3) is 9.76. The molecule has 0 heterocycles. The van der Waals surface area contributed by atoms with Crippen LogP contribution < -0.4 is 9.47 Å². The minimum absolute atomic E-state index is 0.330. The highest BCUT2D eigenvalue weighted by Gasteiger charge is 2.03. The van der Waals surface area contributed by atoms with Gasteiger partial charge >= 0.3 is 11.9 Å². The number of hydrogen-bond donors (Lipinski definition) is 0. The van der Waals surface area contributed by atoms with Crippen molar-refractivity contribution in [2.24, 2.45) is 0 Å². The molecule has 31 heavy (non-hydrogen) atoms. The molecule has 6 heteroatoms. The zero-order valence-electron chi connectivity index (χ0n) is 17.6. The van der Waals surface area contributed by atoms with E-state index in [0.29, 0.717) is 35.8 Å². The minimum Gasteiger partial charge on any atom is -0.494 e. The number of hydrogen-bond acceptors (Lipinski definition) is 5. The number of benzene rings is 2. The first-order valence-electron chi connectivity index (χ1n) is 10.1. The van der Waals surface area contributed by atoms with Gasteiger partial charge in [0.05, 0.1) is 13.2 Å². The van der Waals surface area contributed by atoms with E-state index in [2.05, 4.69) is 6.58 Å². The summed E-state index contributed by atoms with van der Waals surface area (Å²) in [6.07, 6.45) is 6.48. The second kappa shape index (κ2) is 13.0. The topological polar surface area (TPSA) is 61.8 Å². The molecule has 0 saturated carbocycles. The normalized spacial score (nSPS) is 10.6. The average molecular weight is 426 g/mol. The number of halogens is 1. The lowest BCUT2D eigenvalue weighted by atomic mass is 10.2. The predicted octanol–water partition coefficient (Wildman–Crippen LogP) is 5.50. The van der Waals surface area contributed by atoms with Gasteiger partial charge in [-0.15, -0.1) is 0 Å². The smallest absolute Gasteiger partial charge is 0.336 e. The van der Waals surface area contributed by atoms with Crippen LogP contribution in [0.5, 0.6) is 11.5 Å². The molecule has 0 saturated heterocycles. The molecule has 0 aromatic heterocycles. The molecular formula is C25H27FO5.